The van der Waals surface area contributed by atoms with Gasteiger partial charge in [0.1, 0.15) is 5.70 Å². The number of amides is 1. The number of hydrogen-bond donors (Lipinski definition) is 1. The number of ether oxygens (including phenoxy) is 2. The first-order valence-electron chi connectivity index (χ1n) is 8.81. The third-order valence-corrected chi connectivity index (χ3v) is 4.32. The van der Waals surface area contributed by atoms with Gasteiger partial charge in [0, 0.05) is 24.2 Å². The maximum Gasteiger partial charge on any atom is 0.355 e. The van der Waals surface area contributed by atoms with E-state index in [2.05, 4.69) is 5.32 Å². The van der Waals surface area contributed by atoms with Crippen LogP contribution in [0.1, 0.15) is 6.92 Å². The van der Waals surface area contributed by atoms with Crippen molar-refractivity contribution in [2.24, 2.45) is 0 Å². The van der Waals surface area contributed by atoms with Crippen molar-refractivity contribution in [1.82, 2.24) is 0 Å². The van der Waals surface area contributed by atoms with Crippen LogP contribution < -0.4 is 10.2 Å². The summed E-state index contributed by atoms with van der Waals surface area (Å²) in [6, 6.07) is 11.1. The first kappa shape index (κ1) is 19.9. The van der Waals surface area contributed by atoms with Crippen LogP contribution >= 0.6 is 0 Å². The van der Waals surface area contributed by atoms with E-state index in [1.807, 2.05) is 30.3 Å². The van der Waals surface area contributed by atoms with Gasteiger partial charge in [-0.25, -0.2) is 9.59 Å². The molecule has 0 spiro atoms. The Kier molecular flexibility index (Phi) is 5.78. The molecule has 3 rings (SSSR count). The molecule has 148 valence electrons. The molecular weight excluding hydrogens is 372 g/mol. The van der Waals surface area contributed by atoms with E-state index in [9.17, 15) is 14.4 Å². The van der Waals surface area contributed by atoms with Gasteiger partial charge in [-0.15, -0.1) is 0 Å². The summed E-state index contributed by atoms with van der Waals surface area (Å²) in [4.78, 5) is 38.1. The summed E-state index contributed by atoms with van der Waals surface area (Å²) >= 11 is 0. The molecule has 1 N–H and O–H groups in total. The van der Waals surface area contributed by atoms with E-state index >= 15 is 0 Å². The van der Waals surface area contributed by atoms with Gasteiger partial charge in [-0.3, -0.25) is 4.79 Å². The summed E-state index contributed by atoms with van der Waals surface area (Å²) < 4.78 is 9.75. The number of benzene rings is 2. The number of methoxy groups -OCH3 is 2. The molecule has 29 heavy (non-hydrogen) atoms. The predicted octanol–water partition coefficient (Wildman–Crippen LogP) is 3.29. The molecule has 0 fully saturated rings. The molecule has 7 heteroatoms. The Balaban J connectivity index is 2.26. The minimum atomic E-state index is -0.698. The van der Waals surface area contributed by atoms with Crippen molar-refractivity contribution in [2.75, 3.05) is 24.4 Å². The van der Waals surface area contributed by atoms with Crippen LogP contribution in [0.5, 0.6) is 0 Å². The Morgan fingerprint density at radius 2 is 1.69 bits per heavy atom. The summed E-state index contributed by atoms with van der Waals surface area (Å²) in [6.45, 7) is 1.42. The summed E-state index contributed by atoms with van der Waals surface area (Å²) in [5, 5.41) is 4.51. The van der Waals surface area contributed by atoms with Crippen molar-refractivity contribution in [1.29, 1.82) is 0 Å². The minimum Gasteiger partial charge on any atom is -0.465 e. The zero-order valence-corrected chi connectivity index (χ0v) is 16.3. The van der Waals surface area contributed by atoms with Gasteiger partial charge < -0.3 is 19.7 Å². The van der Waals surface area contributed by atoms with Crippen LogP contribution in [0.3, 0.4) is 0 Å². The number of carbonyl (C=O) groups excluding carboxylic acids is 3. The predicted molar refractivity (Wildman–Crippen MR) is 110 cm³/mol. The fourth-order valence-corrected chi connectivity index (χ4v) is 3.09. The molecule has 0 saturated carbocycles. The van der Waals surface area contributed by atoms with E-state index in [-0.39, 0.29) is 17.2 Å². The van der Waals surface area contributed by atoms with Gasteiger partial charge in [-0.05, 0) is 29.7 Å². The molecule has 2 aromatic carbocycles. The Bertz CT molecular complexity index is 1080. The van der Waals surface area contributed by atoms with Gasteiger partial charge in [0.25, 0.3) is 0 Å². The lowest BCUT2D eigenvalue weighted by Crippen LogP contribution is -2.27. The van der Waals surface area contributed by atoms with Crippen LogP contribution in [-0.2, 0) is 23.9 Å². The molecule has 0 bridgehead atoms. The molecule has 1 aliphatic heterocycles. The average Bonchev–Trinajstić information content (AvgIpc) is 2.95. The molecule has 0 saturated heterocycles. The lowest BCUT2D eigenvalue weighted by molar-refractivity contribution is -0.139. The van der Waals surface area contributed by atoms with E-state index in [0.717, 1.165) is 10.8 Å². The molecule has 0 radical (unpaired) electrons. The number of nitrogens with zero attached hydrogens (tertiary/aromatic N) is 1. The lowest BCUT2D eigenvalue weighted by atomic mass is 10.1. The largest absolute Gasteiger partial charge is 0.465 e. The molecule has 1 heterocycles. The number of allylic oxidation sites excluding steroid dienone is 2. The van der Waals surface area contributed by atoms with Crippen LogP contribution in [0.2, 0.25) is 0 Å². The van der Waals surface area contributed by atoms with Crippen LogP contribution in [0.4, 0.5) is 11.4 Å². The zero-order chi connectivity index (χ0) is 21.0. The van der Waals surface area contributed by atoms with E-state index in [4.69, 9.17) is 9.47 Å². The quantitative estimate of drug-likeness (QED) is 0.804. The molecule has 0 unspecified atom stereocenters. The van der Waals surface area contributed by atoms with Crippen molar-refractivity contribution >= 4 is 40.0 Å². The van der Waals surface area contributed by atoms with Crippen molar-refractivity contribution in [3.05, 3.63) is 72.1 Å². The molecule has 0 aromatic heterocycles. The summed E-state index contributed by atoms with van der Waals surface area (Å²) in [5.41, 5.74) is 1.21. The second-order valence-corrected chi connectivity index (χ2v) is 6.21. The van der Waals surface area contributed by atoms with Gasteiger partial charge in [-0.1, -0.05) is 30.3 Å². The number of esters is 2. The van der Waals surface area contributed by atoms with Crippen molar-refractivity contribution in [3.8, 4) is 0 Å². The van der Waals surface area contributed by atoms with Crippen LogP contribution in [0.15, 0.2) is 72.1 Å². The third-order valence-electron chi connectivity index (χ3n) is 4.32. The first-order valence-corrected chi connectivity index (χ1v) is 8.81. The molecule has 1 amide bonds. The standard InChI is InChI=1S/C22H20N2O5/c1-14(25)23-19-13-16(12-15-8-4-5-9-17(15)19)24-11-7-6-10-18(21(26)28-2)20(24)22(27)29-3/h4-13H,1-3H3,(H,23,25). The van der Waals surface area contributed by atoms with E-state index in [0.29, 0.717) is 11.4 Å². The van der Waals surface area contributed by atoms with Crippen molar-refractivity contribution < 1.29 is 23.9 Å². The molecular formula is C22H20N2O5. The Morgan fingerprint density at radius 1 is 0.966 bits per heavy atom. The molecule has 7 nitrogen and oxygen atoms in total. The molecule has 1 aliphatic rings. The Labute approximate surface area is 167 Å². The highest BCUT2D eigenvalue weighted by Gasteiger charge is 2.28. The normalized spacial score (nSPS) is 13.3. The van der Waals surface area contributed by atoms with Gasteiger partial charge in [0.2, 0.25) is 5.91 Å². The number of fused-ring (bicyclic) bond motifs is 1. The molecule has 0 atom stereocenters. The van der Waals surface area contributed by atoms with Gasteiger partial charge in [0.05, 0.1) is 25.5 Å². The SMILES string of the molecule is COC(=O)C1=C(C(=O)OC)N(c2cc(NC(C)=O)c3ccccc3c2)C=CC=C1. The van der Waals surface area contributed by atoms with E-state index in [1.54, 1.807) is 24.4 Å². The smallest absolute Gasteiger partial charge is 0.355 e. The Hall–Kier alpha value is -3.87. The van der Waals surface area contributed by atoms with Crippen LogP contribution in [0.25, 0.3) is 10.8 Å². The van der Waals surface area contributed by atoms with Crippen LogP contribution in [0, 0.1) is 0 Å². The zero-order valence-electron chi connectivity index (χ0n) is 16.3. The topological polar surface area (TPSA) is 84.9 Å². The first-order chi connectivity index (χ1) is 14.0. The highest BCUT2D eigenvalue weighted by atomic mass is 16.5. The van der Waals surface area contributed by atoms with Gasteiger partial charge in [0.15, 0.2) is 0 Å². The summed E-state index contributed by atoms with van der Waals surface area (Å²) in [7, 11) is 2.48. The number of carbonyl (C=O) groups is 3. The summed E-state index contributed by atoms with van der Waals surface area (Å²) in [6.07, 6.45) is 6.45. The Morgan fingerprint density at radius 3 is 2.38 bits per heavy atom. The lowest BCUT2D eigenvalue weighted by Gasteiger charge is -2.24. The third kappa shape index (κ3) is 4.03. The fraction of sp³-hybridized carbons (Fsp3) is 0.136. The maximum absolute atomic E-state index is 12.6. The van der Waals surface area contributed by atoms with E-state index in [1.165, 1.54) is 32.1 Å². The molecule has 0 aliphatic carbocycles. The number of nitrogens with one attached hydrogen (secondary N) is 1. The number of anilines is 2. The van der Waals surface area contributed by atoms with Crippen molar-refractivity contribution in [3.63, 3.8) is 0 Å². The van der Waals surface area contributed by atoms with Crippen molar-refractivity contribution in [2.45, 2.75) is 6.92 Å². The highest BCUT2D eigenvalue weighted by molar-refractivity contribution is 6.07. The minimum absolute atomic E-state index is 0.00778. The highest BCUT2D eigenvalue weighted by Crippen LogP contribution is 2.33. The van der Waals surface area contributed by atoms with Gasteiger partial charge >= 0.3 is 11.9 Å². The molecule has 2 aromatic rings. The monoisotopic (exact) mass is 392 g/mol. The number of rotatable bonds is 4. The second kappa shape index (κ2) is 8.43. The van der Waals surface area contributed by atoms with Crippen LogP contribution in [-0.4, -0.2) is 32.1 Å². The average molecular weight is 392 g/mol. The maximum atomic E-state index is 12.6. The number of hydrogen-bond acceptors (Lipinski definition) is 6. The van der Waals surface area contributed by atoms with Gasteiger partial charge in [-0.2, -0.15) is 0 Å². The fourth-order valence-electron chi connectivity index (χ4n) is 3.09. The second-order valence-electron chi connectivity index (χ2n) is 6.21. The summed E-state index contributed by atoms with van der Waals surface area (Å²) in [5.74, 6) is -1.59. The van der Waals surface area contributed by atoms with E-state index < -0.39 is 11.9 Å².